The number of halogens is 3. The number of rotatable bonds is 8. The van der Waals surface area contributed by atoms with E-state index in [-0.39, 0.29) is 4.90 Å². The van der Waals surface area contributed by atoms with Crippen molar-refractivity contribution < 1.29 is 43.4 Å². The molecule has 2 aromatic carbocycles. The van der Waals surface area contributed by atoms with Gasteiger partial charge >= 0.3 is 16.2 Å². The summed E-state index contributed by atoms with van der Waals surface area (Å²) in [5.74, 6) is 0.404. The van der Waals surface area contributed by atoms with E-state index >= 15 is 0 Å². The lowest BCUT2D eigenvalue weighted by Crippen LogP contribution is -3.09. The Labute approximate surface area is 165 Å². The lowest BCUT2D eigenvalue weighted by molar-refractivity contribution is -0.708. The van der Waals surface area contributed by atoms with E-state index < -0.39 is 54.4 Å². The van der Waals surface area contributed by atoms with Gasteiger partial charge in [0.05, 0.1) is 17.6 Å². The number of alkyl halides is 3. The maximum atomic E-state index is 12.5. The zero-order valence-corrected chi connectivity index (χ0v) is 16.5. The smallest absolute Gasteiger partial charge is 0.416 e. The molecule has 1 unspecified atom stereocenters. The van der Waals surface area contributed by atoms with Crippen molar-refractivity contribution in [3.05, 3.63) is 59.3 Å². The van der Waals surface area contributed by atoms with Gasteiger partial charge in [-0.25, -0.2) is 0 Å². The fourth-order valence-electron chi connectivity index (χ4n) is 2.13. The van der Waals surface area contributed by atoms with Crippen LogP contribution in [0.5, 0.6) is 5.75 Å². The molecule has 1 atom stereocenters. The molecule has 0 aliphatic carbocycles. The van der Waals surface area contributed by atoms with E-state index in [1.807, 2.05) is 0 Å². The summed E-state index contributed by atoms with van der Waals surface area (Å²) >= 11 is 0. The van der Waals surface area contributed by atoms with Gasteiger partial charge in [-0.2, -0.15) is 30.0 Å². The normalized spacial score (nSPS) is 13.8. The summed E-state index contributed by atoms with van der Waals surface area (Å²) in [4.78, 5) is -0.857. The Morgan fingerprint density at radius 2 is 1.45 bits per heavy atom. The maximum absolute atomic E-state index is 12.5. The molecule has 160 valence electrons. The van der Waals surface area contributed by atoms with E-state index in [1.165, 1.54) is 31.4 Å². The van der Waals surface area contributed by atoms with Crippen molar-refractivity contribution in [1.29, 1.82) is 0 Å². The Hall–Kier alpha value is -2.19. The predicted octanol–water partition coefficient (Wildman–Crippen LogP) is 1.19. The highest BCUT2D eigenvalue weighted by molar-refractivity contribution is 7.86. The molecular formula is C16H16F3NO7S2. The summed E-state index contributed by atoms with van der Waals surface area (Å²) in [5.41, 5.74) is -1.07. The minimum Gasteiger partial charge on any atom is -0.618 e. The molecule has 0 saturated carbocycles. The molecule has 0 aliphatic rings. The molecule has 0 saturated heterocycles. The molecule has 13 heteroatoms. The minimum atomic E-state index is -4.66. The zero-order chi connectivity index (χ0) is 21.9. The number of hydrogen-bond acceptors (Lipinski definition) is 7. The lowest BCUT2D eigenvalue weighted by Gasteiger charge is -2.21. The van der Waals surface area contributed by atoms with Crippen LogP contribution in [-0.2, 0) is 30.5 Å². The van der Waals surface area contributed by atoms with E-state index in [0.717, 1.165) is 0 Å². The number of nitrogens with one attached hydrogen (secondary N) is 1. The van der Waals surface area contributed by atoms with Gasteiger partial charge in [0.15, 0.2) is 0 Å². The van der Waals surface area contributed by atoms with Crippen molar-refractivity contribution in [3.8, 4) is 5.75 Å². The predicted molar refractivity (Wildman–Crippen MR) is 94.0 cm³/mol. The molecular weight excluding hydrogens is 439 g/mol. The summed E-state index contributed by atoms with van der Waals surface area (Å²) in [6.07, 6.45) is -4.66. The van der Waals surface area contributed by atoms with Crippen LogP contribution in [0.3, 0.4) is 0 Å². The molecule has 0 amide bonds. The van der Waals surface area contributed by atoms with Crippen LogP contribution in [-0.4, -0.2) is 37.1 Å². The number of methoxy groups -OCH3 is 1. The Bertz CT molecular complexity index is 1040. The SMILES string of the molecule is COc1ccc(S(=O)(=O)OCC[NH+]([O-])S(=O)(=O)c2ccc(C(F)(F)F)cc2)cc1. The molecule has 0 bridgehead atoms. The lowest BCUT2D eigenvalue weighted by atomic mass is 10.2. The van der Waals surface area contributed by atoms with Crippen LogP contribution in [0.4, 0.5) is 13.2 Å². The molecule has 2 rings (SSSR count). The Kier molecular flexibility index (Phi) is 6.90. The molecule has 0 aliphatic heterocycles. The minimum absolute atomic E-state index is 0.226. The van der Waals surface area contributed by atoms with Crippen molar-refractivity contribution in [1.82, 2.24) is 0 Å². The van der Waals surface area contributed by atoms with Crippen LogP contribution >= 0.6 is 0 Å². The number of benzene rings is 2. The van der Waals surface area contributed by atoms with E-state index in [9.17, 15) is 35.2 Å². The first-order valence-electron chi connectivity index (χ1n) is 7.86. The van der Waals surface area contributed by atoms with Gasteiger partial charge in [-0.3, -0.25) is 8.65 Å². The van der Waals surface area contributed by atoms with Gasteiger partial charge in [0, 0.05) is 0 Å². The van der Waals surface area contributed by atoms with Crippen molar-refractivity contribution in [2.75, 3.05) is 20.3 Å². The number of hydroxylamine groups is 1. The fraction of sp³-hybridized carbons (Fsp3) is 0.250. The maximum Gasteiger partial charge on any atom is 0.416 e. The van der Waals surface area contributed by atoms with Crippen molar-refractivity contribution in [2.24, 2.45) is 0 Å². The van der Waals surface area contributed by atoms with E-state index in [0.29, 0.717) is 30.0 Å². The van der Waals surface area contributed by atoms with Crippen LogP contribution in [0.2, 0.25) is 0 Å². The number of quaternary nitrogens is 1. The molecule has 0 radical (unpaired) electrons. The number of ether oxygens (including phenoxy) is 1. The first-order valence-corrected chi connectivity index (χ1v) is 10.8. The quantitative estimate of drug-likeness (QED) is 0.470. The van der Waals surface area contributed by atoms with E-state index in [4.69, 9.17) is 4.74 Å². The second kappa shape index (κ2) is 8.67. The molecule has 0 heterocycles. The summed E-state index contributed by atoms with van der Waals surface area (Å²) in [6, 6.07) is 7.53. The molecule has 0 fully saturated rings. The van der Waals surface area contributed by atoms with Crippen LogP contribution in [0.25, 0.3) is 0 Å². The van der Waals surface area contributed by atoms with Crippen LogP contribution in [0.15, 0.2) is 58.3 Å². The fourth-order valence-corrected chi connectivity index (χ4v) is 4.15. The van der Waals surface area contributed by atoms with Crippen LogP contribution in [0.1, 0.15) is 5.56 Å². The van der Waals surface area contributed by atoms with Gasteiger partial charge in [-0.15, -0.1) is 0 Å². The zero-order valence-electron chi connectivity index (χ0n) is 14.8. The molecule has 0 aromatic heterocycles. The first-order chi connectivity index (χ1) is 13.4. The highest BCUT2D eigenvalue weighted by Gasteiger charge is 2.31. The third-order valence-electron chi connectivity index (χ3n) is 3.68. The van der Waals surface area contributed by atoms with Gasteiger partial charge in [-0.1, -0.05) is 0 Å². The topological polar surface area (TPSA) is 114 Å². The average molecular weight is 455 g/mol. The average Bonchev–Trinajstić information content (AvgIpc) is 2.67. The van der Waals surface area contributed by atoms with Gasteiger partial charge < -0.3 is 9.94 Å². The molecule has 8 nitrogen and oxygen atoms in total. The summed E-state index contributed by atoms with van der Waals surface area (Å²) < 4.78 is 94.1. The highest BCUT2D eigenvalue weighted by atomic mass is 32.2. The molecule has 29 heavy (non-hydrogen) atoms. The molecule has 1 N–H and O–H groups in total. The Morgan fingerprint density at radius 1 is 0.931 bits per heavy atom. The van der Waals surface area contributed by atoms with Gasteiger partial charge in [0.25, 0.3) is 10.1 Å². The second-order valence-electron chi connectivity index (χ2n) is 5.60. The van der Waals surface area contributed by atoms with Crippen molar-refractivity contribution in [3.63, 3.8) is 0 Å². The summed E-state index contributed by atoms with van der Waals surface area (Å²) in [6.45, 7) is -1.56. The standard InChI is InChI=1S/C16H16F3NO7S2/c1-26-13-4-8-15(9-5-13)29(24,25)27-11-10-20(21)28(22,23)14-6-2-12(3-7-14)16(17,18)19/h2-9,20H,10-11H2,1H3. The van der Waals surface area contributed by atoms with Crippen molar-refractivity contribution in [2.45, 2.75) is 16.0 Å². The third kappa shape index (κ3) is 5.67. The first kappa shape index (κ1) is 23.1. The van der Waals surface area contributed by atoms with Crippen LogP contribution in [0, 0.1) is 5.21 Å². The van der Waals surface area contributed by atoms with E-state index in [2.05, 4.69) is 4.18 Å². The second-order valence-corrected chi connectivity index (χ2v) is 9.15. The third-order valence-corrected chi connectivity index (χ3v) is 6.71. The van der Waals surface area contributed by atoms with Crippen LogP contribution < -0.4 is 9.21 Å². The summed E-state index contributed by atoms with van der Waals surface area (Å²) in [5, 5.41) is 12.0. The molecule has 0 spiro atoms. The Balaban J connectivity index is 2.02. The number of sulfonamides is 1. The number of hydrogen-bond donors (Lipinski definition) is 1. The van der Waals surface area contributed by atoms with Gasteiger partial charge in [0.2, 0.25) is 0 Å². The molecule has 2 aromatic rings. The highest BCUT2D eigenvalue weighted by Crippen LogP contribution is 2.29. The largest absolute Gasteiger partial charge is 0.618 e. The summed E-state index contributed by atoms with van der Waals surface area (Å²) in [7, 11) is -7.44. The van der Waals surface area contributed by atoms with Crippen molar-refractivity contribution >= 4 is 20.1 Å². The van der Waals surface area contributed by atoms with E-state index in [1.54, 1.807) is 0 Å². The van der Waals surface area contributed by atoms with Gasteiger partial charge in [-0.05, 0) is 48.5 Å². The monoisotopic (exact) mass is 455 g/mol. The van der Waals surface area contributed by atoms with Gasteiger partial charge in [0.1, 0.15) is 23.8 Å². The Morgan fingerprint density at radius 3 is 1.93 bits per heavy atom.